The van der Waals surface area contributed by atoms with Crippen LogP contribution in [-0.2, 0) is 61.8 Å². The van der Waals surface area contributed by atoms with Crippen molar-refractivity contribution in [1.29, 1.82) is 0 Å². The van der Waals surface area contributed by atoms with E-state index in [1.165, 1.54) is 6.92 Å². The lowest BCUT2D eigenvalue weighted by molar-refractivity contribution is -0.383. The number of ether oxygens (including phenoxy) is 9. The summed E-state index contributed by atoms with van der Waals surface area (Å²) in [5.41, 5.74) is 0. The predicted octanol–water partition coefficient (Wildman–Crippen LogP) is -11.2. The second-order valence-electron chi connectivity index (χ2n) is 17.9. The van der Waals surface area contributed by atoms with E-state index in [1.54, 1.807) is 0 Å². The molecule has 5 aliphatic rings. The summed E-state index contributed by atoms with van der Waals surface area (Å²) in [5, 5.41) is 167. The first-order chi connectivity index (χ1) is 33.3. The number of nitrogens with one attached hydrogen (secondary N) is 3. The molecule has 0 aromatic heterocycles. The number of hydrogen-bond donors (Lipinski definition) is 18. The molecule has 0 saturated carbocycles. The van der Waals surface area contributed by atoms with Gasteiger partial charge < -0.3 is 135 Å². The molecule has 31 heteroatoms. The van der Waals surface area contributed by atoms with E-state index in [0.29, 0.717) is 0 Å². The Kier molecular flexibility index (Phi) is 20.7. The summed E-state index contributed by atoms with van der Waals surface area (Å²) in [6.45, 7) is -0.00998. The number of aliphatic hydroxyl groups is 14. The van der Waals surface area contributed by atoms with Gasteiger partial charge in [-0.05, 0) is 6.92 Å². The molecule has 31 nitrogen and oxygen atoms in total. The molecule has 410 valence electrons. The van der Waals surface area contributed by atoms with Crippen LogP contribution in [-0.4, -0.2) is 292 Å². The number of aliphatic carboxylic acids is 1. The monoisotopic (exact) mass is 1040 g/mol. The molecule has 9 unspecified atom stereocenters. The van der Waals surface area contributed by atoms with E-state index in [2.05, 4.69) is 16.0 Å². The zero-order chi connectivity index (χ0) is 53.0. The lowest BCUT2D eigenvalue weighted by Crippen LogP contribution is -2.71. The van der Waals surface area contributed by atoms with Gasteiger partial charge in [0.15, 0.2) is 18.9 Å². The number of carboxylic acids is 1. The minimum absolute atomic E-state index is 0.604. The van der Waals surface area contributed by atoms with E-state index in [-0.39, 0.29) is 0 Å². The summed E-state index contributed by atoms with van der Waals surface area (Å²) in [6.07, 6.45) is -41.7. The molecule has 0 bridgehead atoms. The first-order valence-electron chi connectivity index (χ1n) is 22.5. The summed E-state index contributed by atoms with van der Waals surface area (Å²) in [6, 6.07) is -4.44. The highest BCUT2D eigenvalue weighted by atomic mass is 16.8. The topological polar surface area (TPSA) is 491 Å². The maximum Gasteiger partial charge on any atom is 0.364 e. The molecular weight excluding hydrogens is 970 g/mol. The number of amides is 3. The molecule has 0 aliphatic carbocycles. The average Bonchev–Trinajstić information content (AvgIpc) is 3.31. The molecule has 26 atom stereocenters. The van der Waals surface area contributed by atoms with Gasteiger partial charge in [-0.3, -0.25) is 14.4 Å². The zero-order valence-corrected chi connectivity index (χ0v) is 38.7. The largest absolute Gasteiger partial charge is 0.477 e. The van der Waals surface area contributed by atoms with Crippen LogP contribution >= 0.6 is 0 Å². The summed E-state index contributed by atoms with van der Waals surface area (Å²) in [7, 11) is 0. The van der Waals surface area contributed by atoms with Crippen molar-refractivity contribution >= 4 is 23.7 Å². The first kappa shape index (κ1) is 58.8. The van der Waals surface area contributed by atoms with Crippen LogP contribution in [0.2, 0.25) is 0 Å². The number of rotatable bonds is 19. The molecule has 3 amide bonds. The standard InChI is InChI=1S/C40H67N3O28/c1-11-21(41-12(2)48)33(69-37-30(59)29(58)25(54)17(7-45)65-37)27(56)20(64-11)10-63-36-23(43-14(4)50)28(57)32(19(9-47)67-36)68-38-31(60)35(26(55)18(8-46)66-38)71-40(39(61)62)5-15(51)22(42-13(3)49)34(70-40)24(53)16(52)6-44/h11,15-38,44-47,51-60H,5-10H2,1-4H3,(H,41,48)(H,42,49)(H,43,50)(H,61,62)/t11-,15-,16-,17?,18?,19?,20?,21?,22-,23?,24-,25+,26+,27+,28-,29+,30?,31?,32-,33-,34?,35+,36-,37+,38+,40+/m1/s1. The molecule has 0 spiro atoms. The lowest BCUT2D eigenvalue weighted by atomic mass is 9.88. The highest BCUT2D eigenvalue weighted by Gasteiger charge is 2.61. The van der Waals surface area contributed by atoms with Crippen molar-refractivity contribution in [2.24, 2.45) is 0 Å². The Morgan fingerprint density at radius 2 is 1.10 bits per heavy atom. The Hall–Kier alpha value is -3.04. The Bertz CT molecular complexity index is 1770. The van der Waals surface area contributed by atoms with Crippen LogP contribution in [0.1, 0.15) is 34.1 Å². The van der Waals surface area contributed by atoms with E-state index >= 15 is 0 Å². The summed E-state index contributed by atoms with van der Waals surface area (Å²) >= 11 is 0. The van der Waals surface area contributed by atoms with E-state index < -0.39 is 222 Å². The van der Waals surface area contributed by atoms with Crippen molar-refractivity contribution in [3.8, 4) is 0 Å². The van der Waals surface area contributed by atoms with E-state index in [9.17, 15) is 95.8 Å². The van der Waals surface area contributed by atoms with Crippen LogP contribution in [0, 0.1) is 0 Å². The van der Waals surface area contributed by atoms with Crippen molar-refractivity contribution in [1.82, 2.24) is 16.0 Å². The molecule has 0 aromatic rings. The smallest absolute Gasteiger partial charge is 0.364 e. The molecule has 0 aromatic carbocycles. The minimum atomic E-state index is -3.14. The molecule has 5 aliphatic heterocycles. The van der Waals surface area contributed by atoms with Crippen molar-refractivity contribution in [3.63, 3.8) is 0 Å². The van der Waals surface area contributed by atoms with Crippen LogP contribution in [0.15, 0.2) is 0 Å². The fourth-order valence-corrected chi connectivity index (χ4v) is 9.09. The van der Waals surface area contributed by atoms with Gasteiger partial charge in [0.1, 0.15) is 110 Å². The highest BCUT2D eigenvalue weighted by Crippen LogP contribution is 2.39. The molecule has 71 heavy (non-hydrogen) atoms. The maximum absolute atomic E-state index is 12.9. The van der Waals surface area contributed by atoms with E-state index in [0.717, 1.165) is 20.8 Å². The third kappa shape index (κ3) is 13.1. The number of carbonyl (C=O) groups excluding carboxylic acids is 3. The summed E-state index contributed by atoms with van der Waals surface area (Å²) in [5.74, 6) is -7.38. The molecule has 5 fully saturated rings. The maximum atomic E-state index is 12.9. The Balaban J connectivity index is 1.36. The minimum Gasteiger partial charge on any atom is -0.477 e. The molecule has 5 heterocycles. The van der Waals surface area contributed by atoms with Gasteiger partial charge in [0.2, 0.25) is 17.7 Å². The van der Waals surface area contributed by atoms with Gasteiger partial charge in [0.05, 0.1) is 57.3 Å². The second-order valence-corrected chi connectivity index (χ2v) is 17.9. The van der Waals surface area contributed by atoms with E-state index in [1.807, 2.05) is 0 Å². The van der Waals surface area contributed by atoms with E-state index in [4.69, 9.17) is 42.6 Å². The third-order valence-electron chi connectivity index (χ3n) is 12.8. The lowest BCUT2D eigenvalue weighted by Gasteiger charge is -2.51. The molecule has 5 saturated heterocycles. The third-order valence-corrected chi connectivity index (χ3v) is 12.8. The van der Waals surface area contributed by atoms with Crippen molar-refractivity contribution < 1.29 is 138 Å². The average molecular weight is 1040 g/mol. The normalized spacial score (nSPS) is 45.0. The van der Waals surface area contributed by atoms with Crippen molar-refractivity contribution in [3.05, 3.63) is 0 Å². The van der Waals surface area contributed by atoms with Crippen LogP contribution in [0.3, 0.4) is 0 Å². The van der Waals surface area contributed by atoms with Gasteiger partial charge >= 0.3 is 5.97 Å². The molecule has 5 rings (SSSR count). The van der Waals surface area contributed by atoms with Crippen molar-refractivity contribution in [2.45, 2.75) is 193 Å². The molecule has 0 radical (unpaired) electrons. The molecule has 18 N–H and O–H groups in total. The summed E-state index contributed by atoms with van der Waals surface area (Å²) < 4.78 is 51.9. The SMILES string of the molecule is CC(=O)NC1[C@H](OCC2O[C@H](C)C(NC(C)=O)[C@@H](O[C@@H]3OC(CO)[C@H](O)[C@H](O)C3O)[C@H]2O)OC(CO)[C@@H](O[C@@H]2OC(CO)[C@H](O)[C@H](O[C@]3(C(=O)O)C[C@@H](O)[C@@H](NC(C)=O)C([C@H](O)[C@H](O)CO)O3)C2O)[C@@H]1O. The van der Waals surface area contributed by atoms with Crippen LogP contribution in [0.4, 0.5) is 0 Å². The number of carbonyl (C=O) groups is 4. The fourth-order valence-electron chi connectivity index (χ4n) is 9.09. The zero-order valence-electron chi connectivity index (χ0n) is 38.7. The van der Waals surface area contributed by atoms with Gasteiger partial charge in [-0.15, -0.1) is 0 Å². The Morgan fingerprint density at radius 3 is 1.65 bits per heavy atom. The first-order valence-corrected chi connectivity index (χ1v) is 22.5. The summed E-state index contributed by atoms with van der Waals surface area (Å²) in [4.78, 5) is 49.7. The van der Waals surface area contributed by atoms with Crippen LogP contribution in [0.25, 0.3) is 0 Å². The predicted molar refractivity (Wildman–Crippen MR) is 222 cm³/mol. The van der Waals surface area contributed by atoms with Gasteiger partial charge in [0, 0.05) is 27.2 Å². The van der Waals surface area contributed by atoms with Crippen LogP contribution < -0.4 is 16.0 Å². The number of carboxylic acid groups (broad SMARTS) is 1. The fraction of sp³-hybridized carbons (Fsp3) is 0.900. The van der Waals surface area contributed by atoms with Crippen molar-refractivity contribution in [2.75, 3.05) is 33.0 Å². The molecular formula is C40H67N3O28. The second kappa shape index (κ2) is 25.0. The van der Waals surface area contributed by atoms with Gasteiger partial charge in [-0.25, -0.2) is 4.79 Å². The van der Waals surface area contributed by atoms with Crippen LogP contribution in [0.5, 0.6) is 0 Å². The highest BCUT2D eigenvalue weighted by molar-refractivity contribution is 5.77. The Morgan fingerprint density at radius 1 is 0.592 bits per heavy atom. The quantitative estimate of drug-likeness (QED) is 0.0571. The van der Waals surface area contributed by atoms with Gasteiger partial charge in [-0.1, -0.05) is 0 Å². The Labute approximate surface area is 403 Å². The number of hydrogen-bond acceptors (Lipinski definition) is 27. The van der Waals surface area contributed by atoms with Gasteiger partial charge in [-0.2, -0.15) is 0 Å². The van der Waals surface area contributed by atoms with Gasteiger partial charge in [0.25, 0.3) is 5.79 Å². The number of aliphatic hydroxyl groups excluding tert-OH is 14.